The maximum Gasteiger partial charge on any atom is 0.257 e. The van der Waals surface area contributed by atoms with Gasteiger partial charge in [0.25, 0.3) is 5.91 Å². The first-order valence-corrected chi connectivity index (χ1v) is 9.54. The van der Waals surface area contributed by atoms with Crippen LogP contribution in [0.25, 0.3) is 0 Å². The number of aliphatic hydroxyl groups is 1. The molecule has 0 saturated carbocycles. The van der Waals surface area contributed by atoms with E-state index in [2.05, 4.69) is 29.2 Å². The van der Waals surface area contributed by atoms with Crippen molar-refractivity contribution in [3.63, 3.8) is 0 Å². The number of fused-ring (bicyclic) bond motifs is 1. The van der Waals surface area contributed by atoms with Crippen molar-refractivity contribution >= 4 is 5.91 Å². The zero-order chi connectivity index (χ0) is 20.1. The van der Waals surface area contributed by atoms with Gasteiger partial charge in [0.05, 0.1) is 18.8 Å². The highest BCUT2D eigenvalue weighted by Gasteiger charge is 2.22. The van der Waals surface area contributed by atoms with Crippen molar-refractivity contribution in [2.45, 2.75) is 18.9 Å². The number of rotatable bonds is 6. The second-order valence-corrected chi connectivity index (χ2v) is 7.25. The number of carbonyl (C=O) groups is 1. The molecule has 0 fully saturated rings. The quantitative estimate of drug-likeness (QED) is 0.828. The lowest BCUT2D eigenvalue weighted by molar-refractivity contribution is 0.0589. The number of amides is 1. The van der Waals surface area contributed by atoms with Crippen LogP contribution in [-0.4, -0.2) is 67.3 Å². The molecule has 1 aliphatic heterocycles. The largest absolute Gasteiger partial charge is 0.496 e. The van der Waals surface area contributed by atoms with Crippen LogP contribution in [0, 0.1) is 5.82 Å². The highest BCUT2D eigenvalue weighted by atomic mass is 19.1. The van der Waals surface area contributed by atoms with Gasteiger partial charge in [-0.3, -0.25) is 4.79 Å². The van der Waals surface area contributed by atoms with Crippen molar-refractivity contribution in [2.24, 2.45) is 0 Å². The Morgan fingerprint density at radius 1 is 1.21 bits per heavy atom. The van der Waals surface area contributed by atoms with Crippen LogP contribution < -0.4 is 4.74 Å². The van der Waals surface area contributed by atoms with E-state index in [1.807, 2.05) is 0 Å². The molecular formula is C22H27FN2O3. The van der Waals surface area contributed by atoms with E-state index in [0.29, 0.717) is 12.3 Å². The van der Waals surface area contributed by atoms with Gasteiger partial charge in [0.2, 0.25) is 0 Å². The van der Waals surface area contributed by atoms with Crippen molar-refractivity contribution in [3.8, 4) is 5.75 Å². The molecular weight excluding hydrogens is 359 g/mol. The first-order valence-electron chi connectivity index (χ1n) is 9.54. The Morgan fingerprint density at radius 2 is 1.86 bits per heavy atom. The van der Waals surface area contributed by atoms with Crippen LogP contribution in [0.1, 0.15) is 21.5 Å². The number of aliphatic hydroxyl groups excluding tert-OH is 1. The summed E-state index contributed by atoms with van der Waals surface area (Å²) < 4.78 is 18.7. The monoisotopic (exact) mass is 386 g/mol. The first-order chi connectivity index (χ1) is 13.5. The minimum atomic E-state index is -0.685. The van der Waals surface area contributed by atoms with Gasteiger partial charge in [0.1, 0.15) is 11.6 Å². The standard InChI is InChI=1S/C22H27FN2O3/c1-24(22(27)20-13-18(23)7-8-21(20)28-2)14-19(26)15-25-11-9-16-5-3-4-6-17(16)10-12-25/h3-8,13,19,26H,9-12,14-15H2,1-2H3/t19-/m1/s1. The highest BCUT2D eigenvalue weighted by molar-refractivity contribution is 5.96. The van der Waals surface area contributed by atoms with Gasteiger partial charge in [-0.15, -0.1) is 0 Å². The SMILES string of the molecule is COc1ccc(F)cc1C(=O)N(C)C[C@@H](O)CN1CCc2ccccc2CC1. The average molecular weight is 386 g/mol. The molecule has 3 rings (SSSR count). The average Bonchev–Trinajstić information content (AvgIpc) is 2.89. The van der Waals surface area contributed by atoms with Crippen LogP contribution in [0.5, 0.6) is 5.75 Å². The molecule has 0 radical (unpaired) electrons. The van der Waals surface area contributed by atoms with Crippen molar-refractivity contribution < 1.29 is 19.0 Å². The Morgan fingerprint density at radius 3 is 2.46 bits per heavy atom. The van der Waals surface area contributed by atoms with Gasteiger partial charge < -0.3 is 19.6 Å². The second-order valence-electron chi connectivity index (χ2n) is 7.25. The zero-order valence-corrected chi connectivity index (χ0v) is 16.4. The molecule has 2 aromatic rings. The van der Waals surface area contributed by atoms with Crippen molar-refractivity contribution in [1.29, 1.82) is 0 Å². The lowest BCUT2D eigenvalue weighted by atomic mass is 10.0. The van der Waals surface area contributed by atoms with Gasteiger partial charge in [-0.25, -0.2) is 4.39 Å². The summed E-state index contributed by atoms with van der Waals surface area (Å²) in [7, 11) is 3.05. The predicted octanol–water partition coefficient (Wildman–Crippen LogP) is 2.37. The number of ether oxygens (including phenoxy) is 1. The highest BCUT2D eigenvalue weighted by Crippen LogP contribution is 2.21. The summed E-state index contributed by atoms with van der Waals surface area (Å²) in [4.78, 5) is 16.3. The van der Waals surface area contributed by atoms with Gasteiger partial charge in [0, 0.05) is 33.2 Å². The molecule has 150 valence electrons. The summed E-state index contributed by atoms with van der Waals surface area (Å²) in [5.41, 5.74) is 2.89. The number of likely N-dealkylation sites (N-methyl/N-ethyl adjacent to an activating group) is 1. The van der Waals surface area contributed by atoms with Gasteiger partial charge in [-0.2, -0.15) is 0 Å². The molecule has 6 heteroatoms. The first kappa shape index (κ1) is 20.3. The van der Waals surface area contributed by atoms with Crippen LogP contribution in [0.4, 0.5) is 4.39 Å². The molecule has 1 atom stereocenters. The molecule has 0 spiro atoms. The maximum atomic E-state index is 13.5. The molecule has 1 amide bonds. The summed E-state index contributed by atoms with van der Waals surface area (Å²) in [5.74, 6) is -0.557. The fourth-order valence-electron chi connectivity index (χ4n) is 3.70. The van der Waals surface area contributed by atoms with E-state index in [-0.39, 0.29) is 18.0 Å². The summed E-state index contributed by atoms with van der Waals surface area (Å²) in [6.45, 7) is 2.42. The fourth-order valence-corrected chi connectivity index (χ4v) is 3.70. The molecule has 0 unspecified atom stereocenters. The molecule has 0 saturated heterocycles. The van der Waals surface area contributed by atoms with Crippen LogP contribution in [0.15, 0.2) is 42.5 Å². The molecule has 1 heterocycles. The zero-order valence-electron chi connectivity index (χ0n) is 16.4. The second kappa shape index (κ2) is 9.17. The van der Waals surface area contributed by atoms with Crippen molar-refractivity contribution in [2.75, 3.05) is 40.3 Å². The summed E-state index contributed by atoms with van der Waals surface area (Å²) in [6, 6.07) is 12.3. The number of halogens is 1. The summed E-state index contributed by atoms with van der Waals surface area (Å²) in [6.07, 6.45) is 1.23. The van der Waals surface area contributed by atoms with E-state index in [9.17, 15) is 14.3 Å². The molecule has 0 aliphatic carbocycles. The van der Waals surface area contributed by atoms with Gasteiger partial charge in [0.15, 0.2) is 0 Å². The minimum Gasteiger partial charge on any atom is -0.496 e. The lowest BCUT2D eigenvalue weighted by Gasteiger charge is -2.26. The Balaban J connectivity index is 1.57. The Kier molecular flexibility index (Phi) is 6.65. The van der Waals surface area contributed by atoms with E-state index >= 15 is 0 Å². The van der Waals surface area contributed by atoms with Crippen molar-refractivity contribution in [1.82, 2.24) is 9.80 Å². The molecule has 0 bridgehead atoms. The number of methoxy groups -OCH3 is 1. The molecule has 28 heavy (non-hydrogen) atoms. The van der Waals surface area contributed by atoms with Crippen LogP contribution in [0.2, 0.25) is 0 Å². The number of carbonyl (C=O) groups excluding carboxylic acids is 1. The van der Waals surface area contributed by atoms with Crippen LogP contribution in [-0.2, 0) is 12.8 Å². The Labute approximate surface area is 165 Å². The van der Waals surface area contributed by atoms with E-state index in [1.54, 1.807) is 7.05 Å². The maximum absolute atomic E-state index is 13.5. The van der Waals surface area contributed by atoms with Gasteiger partial charge in [-0.1, -0.05) is 24.3 Å². The van der Waals surface area contributed by atoms with Crippen LogP contribution >= 0.6 is 0 Å². The van der Waals surface area contributed by atoms with Crippen molar-refractivity contribution in [3.05, 3.63) is 65.0 Å². The third-order valence-electron chi connectivity index (χ3n) is 5.21. The summed E-state index contributed by atoms with van der Waals surface area (Å²) in [5, 5.41) is 10.5. The molecule has 2 aromatic carbocycles. The predicted molar refractivity (Wildman–Crippen MR) is 106 cm³/mol. The minimum absolute atomic E-state index is 0.155. The summed E-state index contributed by atoms with van der Waals surface area (Å²) >= 11 is 0. The van der Waals surface area contributed by atoms with Crippen LogP contribution in [0.3, 0.4) is 0 Å². The number of hydrogen-bond donors (Lipinski definition) is 1. The van der Waals surface area contributed by atoms with Gasteiger partial charge in [-0.05, 0) is 42.2 Å². The Hall–Kier alpha value is -2.44. The molecule has 0 aromatic heterocycles. The van der Waals surface area contributed by atoms with E-state index in [4.69, 9.17) is 4.74 Å². The normalized spacial score (nSPS) is 15.4. The van der Waals surface area contributed by atoms with E-state index in [0.717, 1.165) is 32.0 Å². The van der Waals surface area contributed by atoms with Gasteiger partial charge >= 0.3 is 0 Å². The fraction of sp³-hybridized carbons (Fsp3) is 0.409. The van der Waals surface area contributed by atoms with E-state index < -0.39 is 11.9 Å². The third-order valence-corrected chi connectivity index (χ3v) is 5.21. The van der Waals surface area contributed by atoms with E-state index in [1.165, 1.54) is 35.3 Å². The molecule has 5 nitrogen and oxygen atoms in total. The molecule has 1 aliphatic rings. The third kappa shape index (κ3) is 4.88. The number of nitrogens with zero attached hydrogens (tertiary/aromatic N) is 2. The number of hydrogen-bond acceptors (Lipinski definition) is 4. The lowest BCUT2D eigenvalue weighted by Crippen LogP contribution is -2.42. The Bertz CT molecular complexity index is 800. The number of benzene rings is 2. The smallest absolute Gasteiger partial charge is 0.257 e. The molecule has 1 N–H and O–H groups in total. The topological polar surface area (TPSA) is 53.0 Å². The number of β-amino-alcohol motifs (C(OH)–C–C–N with tert-alkyl or cyclic N) is 1.